The average Bonchev–Trinajstić information content (AvgIpc) is 2.67. The Morgan fingerprint density at radius 2 is 2.50 bits per heavy atom. The number of nitrogens with zero attached hydrogens (tertiary/aromatic N) is 1. The Balaban J connectivity index is 1.75. The Morgan fingerprint density at radius 1 is 1.57 bits per heavy atom. The zero-order valence-electron chi connectivity index (χ0n) is 8.70. The van der Waals surface area contributed by atoms with E-state index in [9.17, 15) is 0 Å². The Kier molecular flexibility index (Phi) is 3.07. The molecule has 1 aromatic rings. The summed E-state index contributed by atoms with van der Waals surface area (Å²) in [5.41, 5.74) is 0. The summed E-state index contributed by atoms with van der Waals surface area (Å²) in [5.74, 6) is 2.48. The number of nitrogens with one attached hydrogen (secondary N) is 1. The van der Waals surface area contributed by atoms with Crippen LogP contribution >= 0.6 is 0 Å². The molecule has 14 heavy (non-hydrogen) atoms. The SMILES string of the molecule is CC1CCCC(COc2cn[nH]c2)C1. The van der Waals surface area contributed by atoms with Crippen molar-refractivity contribution in [1.82, 2.24) is 10.2 Å². The second-order valence-electron chi connectivity index (χ2n) is 4.38. The van der Waals surface area contributed by atoms with Crippen LogP contribution in [0, 0.1) is 11.8 Å². The molecular formula is C11H18N2O. The molecule has 0 saturated heterocycles. The van der Waals surface area contributed by atoms with E-state index >= 15 is 0 Å². The number of ether oxygens (including phenoxy) is 1. The first-order valence-corrected chi connectivity index (χ1v) is 5.46. The molecule has 1 aliphatic carbocycles. The molecule has 1 fully saturated rings. The standard InChI is InChI=1S/C11H18N2O/c1-9-3-2-4-10(5-9)8-14-11-6-12-13-7-11/h6-7,9-10H,2-5,8H2,1H3,(H,12,13). The Morgan fingerprint density at radius 3 is 3.21 bits per heavy atom. The van der Waals surface area contributed by atoms with Gasteiger partial charge >= 0.3 is 0 Å². The van der Waals surface area contributed by atoms with Crippen molar-refractivity contribution >= 4 is 0 Å². The third-order valence-corrected chi connectivity index (χ3v) is 3.00. The zero-order chi connectivity index (χ0) is 9.80. The topological polar surface area (TPSA) is 37.9 Å². The first kappa shape index (κ1) is 9.56. The number of hydrogen-bond donors (Lipinski definition) is 1. The molecule has 78 valence electrons. The van der Waals surface area contributed by atoms with Crippen LogP contribution < -0.4 is 4.74 Å². The highest BCUT2D eigenvalue weighted by Crippen LogP contribution is 2.28. The highest BCUT2D eigenvalue weighted by molar-refractivity contribution is 5.10. The third-order valence-electron chi connectivity index (χ3n) is 3.00. The van der Waals surface area contributed by atoms with Crippen molar-refractivity contribution in [1.29, 1.82) is 0 Å². The van der Waals surface area contributed by atoms with Crippen molar-refractivity contribution in [3.8, 4) is 5.75 Å². The van der Waals surface area contributed by atoms with Gasteiger partial charge in [0.25, 0.3) is 0 Å². The van der Waals surface area contributed by atoms with Gasteiger partial charge in [-0.15, -0.1) is 0 Å². The van der Waals surface area contributed by atoms with E-state index < -0.39 is 0 Å². The maximum atomic E-state index is 5.64. The van der Waals surface area contributed by atoms with E-state index in [0.717, 1.165) is 24.2 Å². The first-order chi connectivity index (χ1) is 6.84. The van der Waals surface area contributed by atoms with E-state index in [1.54, 1.807) is 12.4 Å². The third kappa shape index (κ3) is 2.50. The van der Waals surface area contributed by atoms with E-state index in [4.69, 9.17) is 4.74 Å². The van der Waals surface area contributed by atoms with Crippen LogP contribution in [0.2, 0.25) is 0 Å². The van der Waals surface area contributed by atoms with Crippen molar-refractivity contribution in [2.75, 3.05) is 6.61 Å². The summed E-state index contributed by atoms with van der Waals surface area (Å²) < 4.78 is 5.64. The normalized spacial score (nSPS) is 27.5. The van der Waals surface area contributed by atoms with Gasteiger partial charge in [-0.2, -0.15) is 5.10 Å². The van der Waals surface area contributed by atoms with Crippen molar-refractivity contribution in [3.05, 3.63) is 12.4 Å². The highest BCUT2D eigenvalue weighted by Gasteiger charge is 2.19. The van der Waals surface area contributed by atoms with Gasteiger partial charge in [0.15, 0.2) is 5.75 Å². The first-order valence-electron chi connectivity index (χ1n) is 5.46. The van der Waals surface area contributed by atoms with Gasteiger partial charge in [-0.1, -0.05) is 19.8 Å². The van der Waals surface area contributed by atoms with Gasteiger partial charge in [-0.3, -0.25) is 5.10 Å². The van der Waals surface area contributed by atoms with Crippen LogP contribution in [0.25, 0.3) is 0 Å². The molecule has 0 radical (unpaired) electrons. The Hall–Kier alpha value is -0.990. The summed E-state index contributed by atoms with van der Waals surface area (Å²) in [6.07, 6.45) is 8.92. The Labute approximate surface area is 84.9 Å². The fourth-order valence-electron chi connectivity index (χ4n) is 2.24. The van der Waals surface area contributed by atoms with Gasteiger partial charge in [0.2, 0.25) is 0 Å². The van der Waals surface area contributed by atoms with Crippen LogP contribution in [0.1, 0.15) is 32.6 Å². The fraction of sp³-hybridized carbons (Fsp3) is 0.727. The quantitative estimate of drug-likeness (QED) is 0.803. The van der Waals surface area contributed by atoms with Gasteiger partial charge in [-0.05, 0) is 24.7 Å². The summed E-state index contributed by atoms with van der Waals surface area (Å²) >= 11 is 0. The molecule has 2 atom stereocenters. The van der Waals surface area contributed by atoms with Gasteiger partial charge in [0.05, 0.1) is 19.0 Å². The van der Waals surface area contributed by atoms with Crippen LogP contribution in [0.3, 0.4) is 0 Å². The van der Waals surface area contributed by atoms with Crippen molar-refractivity contribution in [3.63, 3.8) is 0 Å². The number of aromatic nitrogens is 2. The second kappa shape index (κ2) is 4.49. The van der Waals surface area contributed by atoms with Crippen molar-refractivity contribution in [2.24, 2.45) is 11.8 Å². The summed E-state index contributed by atoms with van der Waals surface area (Å²) in [6.45, 7) is 3.19. The highest BCUT2D eigenvalue weighted by atomic mass is 16.5. The van der Waals surface area contributed by atoms with Crippen LogP contribution in [-0.4, -0.2) is 16.8 Å². The second-order valence-corrected chi connectivity index (χ2v) is 4.38. The van der Waals surface area contributed by atoms with Crippen molar-refractivity contribution in [2.45, 2.75) is 32.6 Å². The largest absolute Gasteiger partial charge is 0.490 e. The zero-order valence-corrected chi connectivity index (χ0v) is 8.70. The van der Waals surface area contributed by atoms with Gasteiger partial charge < -0.3 is 4.74 Å². The number of hydrogen-bond acceptors (Lipinski definition) is 2. The lowest BCUT2D eigenvalue weighted by atomic mass is 9.83. The van der Waals surface area contributed by atoms with E-state index in [2.05, 4.69) is 17.1 Å². The lowest BCUT2D eigenvalue weighted by Gasteiger charge is -2.26. The maximum absolute atomic E-state index is 5.64. The number of H-pyrrole nitrogens is 1. The molecular weight excluding hydrogens is 176 g/mol. The molecule has 1 aliphatic rings. The molecule has 3 nitrogen and oxygen atoms in total. The molecule has 1 N–H and O–H groups in total. The molecule has 0 amide bonds. The Bertz CT molecular complexity index is 258. The lowest BCUT2D eigenvalue weighted by Crippen LogP contribution is -2.19. The van der Waals surface area contributed by atoms with Crippen molar-refractivity contribution < 1.29 is 4.74 Å². The summed E-state index contributed by atoms with van der Waals surface area (Å²) in [5, 5.41) is 6.60. The van der Waals surface area contributed by atoms with Crippen LogP contribution in [0.4, 0.5) is 0 Å². The summed E-state index contributed by atoms with van der Waals surface area (Å²) in [7, 11) is 0. The lowest BCUT2D eigenvalue weighted by molar-refractivity contribution is 0.182. The van der Waals surface area contributed by atoms with Gasteiger partial charge in [-0.25, -0.2) is 0 Å². The monoisotopic (exact) mass is 194 g/mol. The molecule has 0 spiro atoms. The fourth-order valence-corrected chi connectivity index (χ4v) is 2.24. The molecule has 0 bridgehead atoms. The minimum atomic E-state index is 0.744. The molecule has 0 aromatic carbocycles. The molecule has 1 heterocycles. The molecule has 0 aliphatic heterocycles. The molecule has 3 heteroatoms. The maximum Gasteiger partial charge on any atom is 0.156 e. The number of aromatic amines is 1. The van der Waals surface area contributed by atoms with E-state index in [1.807, 2.05) is 0 Å². The molecule has 2 rings (SSSR count). The van der Waals surface area contributed by atoms with E-state index in [0.29, 0.717) is 0 Å². The molecule has 1 aromatic heterocycles. The summed E-state index contributed by atoms with van der Waals surface area (Å²) in [6, 6.07) is 0. The van der Waals surface area contributed by atoms with Crippen LogP contribution in [-0.2, 0) is 0 Å². The summed E-state index contributed by atoms with van der Waals surface area (Å²) in [4.78, 5) is 0. The molecule has 1 saturated carbocycles. The minimum absolute atomic E-state index is 0.744. The predicted molar refractivity (Wildman–Crippen MR) is 55.2 cm³/mol. The molecule has 2 unspecified atom stereocenters. The van der Waals surface area contributed by atoms with Gasteiger partial charge in [0, 0.05) is 0 Å². The number of rotatable bonds is 3. The average molecular weight is 194 g/mol. The van der Waals surface area contributed by atoms with Crippen LogP contribution in [0.15, 0.2) is 12.4 Å². The van der Waals surface area contributed by atoms with Crippen LogP contribution in [0.5, 0.6) is 5.75 Å². The predicted octanol–water partition coefficient (Wildman–Crippen LogP) is 2.61. The van der Waals surface area contributed by atoms with Gasteiger partial charge in [0.1, 0.15) is 0 Å². The minimum Gasteiger partial charge on any atom is -0.490 e. The van der Waals surface area contributed by atoms with E-state index in [1.165, 1.54) is 25.7 Å². The smallest absolute Gasteiger partial charge is 0.156 e. The van der Waals surface area contributed by atoms with E-state index in [-0.39, 0.29) is 0 Å².